The quantitative estimate of drug-likeness (QED) is 0.591. The molecule has 1 aliphatic heterocycles. The summed E-state index contributed by atoms with van der Waals surface area (Å²) < 4.78 is 11.4. The highest BCUT2D eigenvalue weighted by atomic mass is 35.5. The average Bonchev–Trinajstić information content (AvgIpc) is 2.88. The van der Waals surface area contributed by atoms with Gasteiger partial charge in [0.05, 0.1) is 18.2 Å². The van der Waals surface area contributed by atoms with Crippen LogP contribution in [0.3, 0.4) is 0 Å². The van der Waals surface area contributed by atoms with E-state index in [1.807, 2.05) is 11.8 Å². The number of unbranched alkanes of at least 4 members (excludes halogenated alkanes) is 1. The van der Waals surface area contributed by atoms with Crippen LogP contribution in [0.4, 0.5) is 0 Å². The highest BCUT2D eigenvalue weighted by Crippen LogP contribution is 2.36. The number of carbonyl (C=O) groups excluding carboxylic acids is 2. The van der Waals surface area contributed by atoms with Gasteiger partial charge in [0.2, 0.25) is 5.91 Å². The zero-order valence-electron chi connectivity index (χ0n) is 16.9. The van der Waals surface area contributed by atoms with Gasteiger partial charge in [-0.25, -0.2) is 0 Å². The number of hydrogen-bond acceptors (Lipinski definition) is 4. The average molecular weight is 411 g/mol. The number of nitrogens with one attached hydrogen (secondary N) is 1. The van der Waals surface area contributed by atoms with Crippen molar-refractivity contribution in [2.45, 2.75) is 52.4 Å². The van der Waals surface area contributed by atoms with Crippen LogP contribution in [0.2, 0.25) is 5.02 Å². The zero-order chi connectivity index (χ0) is 20.4. The van der Waals surface area contributed by atoms with Crippen molar-refractivity contribution in [3.8, 4) is 11.5 Å². The summed E-state index contributed by atoms with van der Waals surface area (Å²) >= 11 is 6.35. The monoisotopic (exact) mass is 410 g/mol. The Hall–Kier alpha value is -1.95. The van der Waals surface area contributed by atoms with E-state index in [0.29, 0.717) is 54.8 Å². The fraction of sp³-hybridized carbons (Fsp3) is 0.619. The van der Waals surface area contributed by atoms with Crippen molar-refractivity contribution >= 4 is 23.4 Å². The van der Waals surface area contributed by atoms with Crippen LogP contribution in [0.15, 0.2) is 12.1 Å². The van der Waals surface area contributed by atoms with E-state index in [9.17, 15) is 9.59 Å². The first-order chi connectivity index (χ1) is 13.6. The summed E-state index contributed by atoms with van der Waals surface area (Å²) in [5.74, 6) is 0.870. The Morgan fingerprint density at radius 3 is 2.79 bits per heavy atom. The number of nitrogens with zero attached hydrogens (tertiary/aromatic N) is 1. The van der Waals surface area contributed by atoms with Gasteiger partial charge in [0, 0.05) is 31.6 Å². The number of rotatable bonds is 10. The van der Waals surface area contributed by atoms with Gasteiger partial charge in [-0.2, -0.15) is 0 Å². The van der Waals surface area contributed by atoms with Crippen LogP contribution in [0, 0.1) is 0 Å². The van der Waals surface area contributed by atoms with Crippen LogP contribution in [0.25, 0.3) is 0 Å². The Labute approximate surface area is 172 Å². The van der Waals surface area contributed by atoms with E-state index >= 15 is 0 Å². The van der Waals surface area contributed by atoms with Gasteiger partial charge < -0.3 is 19.7 Å². The van der Waals surface area contributed by atoms with Gasteiger partial charge >= 0.3 is 0 Å². The molecule has 0 aliphatic carbocycles. The number of halogens is 1. The molecule has 6 nitrogen and oxygen atoms in total. The van der Waals surface area contributed by atoms with Crippen molar-refractivity contribution < 1.29 is 19.1 Å². The summed E-state index contributed by atoms with van der Waals surface area (Å²) in [6.07, 6.45) is 5.58. The lowest BCUT2D eigenvalue weighted by Crippen LogP contribution is -2.38. The number of hydrogen-bond donors (Lipinski definition) is 1. The third kappa shape index (κ3) is 6.59. The van der Waals surface area contributed by atoms with Crippen molar-refractivity contribution in [2.75, 3.05) is 32.8 Å². The maximum atomic E-state index is 12.5. The molecule has 0 aromatic heterocycles. The third-order valence-electron chi connectivity index (χ3n) is 4.65. The van der Waals surface area contributed by atoms with Crippen molar-refractivity contribution in [3.05, 3.63) is 22.7 Å². The highest BCUT2D eigenvalue weighted by Gasteiger charge is 2.18. The van der Waals surface area contributed by atoms with Gasteiger partial charge in [0.15, 0.2) is 11.5 Å². The maximum absolute atomic E-state index is 12.5. The second-order valence-electron chi connectivity index (χ2n) is 6.87. The molecule has 0 atom stereocenters. The topological polar surface area (TPSA) is 67.9 Å². The largest absolute Gasteiger partial charge is 0.490 e. The Bertz CT molecular complexity index is 666. The lowest BCUT2D eigenvalue weighted by atomic mass is 10.2. The molecule has 1 aromatic carbocycles. The van der Waals surface area contributed by atoms with Gasteiger partial charge in [-0.3, -0.25) is 9.59 Å². The van der Waals surface area contributed by atoms with Crippen molar-refractivity contribution in [2.24, 2.45) is 0 Å². The molecule has 2 amide bonds. The number of benzene rings is 1. The molecule has 1 fully saturated rings. The molecule has 2 rings (SSSR count). The number of likely N-dealkylation sites (tertiary alicyclic amines) is 1. The van der Waals surface area contributed by atoms with Gasteiger partial charge in [-0.1, -0.05) is 31.4 Å². The molecule has 1 aliphatic rings. The second kappa shape index (κ2) is 11.8. The summed E-state index contributed by atoms with van der Waals surface area (Å²) in [7, 11) is 0. The smallest absolute Gasteiger partial charge is 0.251 e. The van der Waals surface area contributed by atoms with Crippen molar-refractivity contribution in [1.82, 2.24) is 10.2 Å². The van der Waals surface area contributed by atoms with Gasteiger partial charge in [0.1, 0.15) is 0 Å². The summed E-state index contributed by atoms with van der Waals surface area (Å²) in [6, 6.07) is 3.25. The summed E-state index contributed by atoms with van der Waals surface area (Å²) in [6.45, 7) is 6.64. The van der Waals surface area contributed by atoms with E-state index in [1.165, 1.54) is 0 Å². The second-order valence-corrected chi connectivity index (χ2v) is 7.27. The Balaban J connectivity index is 1.98. The summed E-state index contributed by atoms with van der Waals surface area (Å²) in [4.78, 5) is 26.4. The van der Waals surface area contributed by atoms with Gasteiger partial charge in [0.25, 0.3) is 5.91 Å². The molecule has 0 bridgehead atoms. The Morgan fingerprint density at radius 1 is 1.21 bits per heavy atom. The summed E-state index contributed by atoms with van der Waals surface area (Å²) in [5, 5.41) is 3.22. The molecule has 1 aromatic rings. The molecular weight excluding hydrogens is 380 g/mol. The maximum Gasteiger partial charge on any atom is 0.251 e. The molecular formula is C21H31ClN2O4. The predicted octanol–water partition coefficient (Wildman–Crippen LogP) is 4.05. The van der Waals surface area contributed by atoms with Crippen LogP contribution in [0.1, 0.15) is 62.7 Å². The SMILES string of the molecule is CCCCOc1c(Cl)cc(C(=O)NCCN2CCCCCC2=O)cc1OCC. The van der Waals surface area contributed by atoms with E-state index < -0.39 is 0 Å². The fourth-order valence-electron chi connectivity index (χ4n) is 3.10. The number of ether oxygens (including phenoxy) is 2. The van der Waals surface area contributed by atoms with E-state index in [1.54, 1.807) is 12.1 Å². The molecule has 0 spiro atoms. The lowest BCUT2D eigenvalue weighted by molar-refractivity contribution is -0.130. The van der Waals surface area contributed by atoms with Gasteiger partial charge in [-0.05, 0) is 38.3 Å². The zero-order valence-corrected chi connectivity index (χ0v) is 17.6. The van der Waals surface area contributed by atoms with Crippen LogP contribution in [0.5, 0.6) is 11.5 Å². The molecule has 1 N–H and O–H groups in total. The van der Waals surface area contributed by atoms with E-state index in [4.69, 9.17) is 21.1 Å². The first kappa shape index (κ1) is 22.3. The van der Waals surface area contributed by atoms with Crippen LogP contribution >= 0.6 is 11.6 Å². The fourth-order valence-corrected chi connectivity index (χ4v) is 3.37. The Morgan fingerprint density at radius 2 is 2.04 bits per heavy atom. The molecule has 156 valence electrons. The molecule has 0 radical (unpaired) electrons. The highest BCUT2D eigenvalue weighted by molar-refractivity contribution is 6.32. The first-order valence-electron chi connectivity index (χ1n) is 10.2. The normalized spacial score (nSPS) is 14.5. The van der Waals surface area contributed by atoms with E-state index in [2.05, 4.69) is 12.2 Å². The molecule has 0 saturated carbocycles. The van der Waals surface area contributed by atoms with E-state index in [-0.39, 0.29) is 11.8 Å². The third-order valence-corrected chi connectivity index (χ3v) is 4.94. The molecule has 28 heavy (non-hydrogen) atoms. The lowest BCUT2D eigenvalue weighted by Gasteiger charge is -2.20. The molecule has 7 heteroatoms. The minimum Gasteiger partial charge on any atom is -0.490 e. The van der Waals surface area contributed by atoms with Crippen LogP contribution in [-0.2, 0) is 4.79 Å². The minimum absolute atomic E-state index is 0.169. The van der Waals surface area contributed by atoms with Crippen molar-refractivity contribution in [1.29, 1.82) is 0 Å². The number of carbonyl (C=O) groups is 2. The van der Waals surface area contributed by atoms with E-state index in [0.717, 1.165) is 38.6 Å². The first-order valence-corrected chi connectivity index (χ1v) is 10.6. The molecule has 1 heterocycles. The molecule has 0 unspecified atom stereocenters. The Kier molecular flexibility index (Phi) is 9.41. The molecule has 1 saturated heterocycles. The predicted molar refractivity (Wildman–Crippen MR) is 110 cm³/mol. The van der Waals surface area contributed by atoms with Crippen LogP contribution in [-0.4, -0.2) is 49.6 Å². The number of amides is 2. The summed E-state index contributed by atoms with van der Waals surface area (Å²) in [5.41, 5.74) is 0.415. The minimum atomic E-state index is -0.245. The van der Waals surface area contributed by atoms with Gasteiger partial charge in [-0.15, -0.1) is 0 Å². The standard InChI is InChI=1S/C21H31ClN2O4/c1-3-5-13-28-20-17(22)14-16(15-18(20)27-4-2)21(26)23-10-12-24-11-8-6-7-9-19(24)25/h14-15H,3-13H2,1-2H3,(H,23,26). The van der Waals surface area contributed by atoms with Crippen molar-refractivity contribution in [3.63, 3.8) is 0 Å². The van der Waals surface area contributed by atoms with Crippen LogP contribution < -0.4 is 14.8 Å².